The van der Waals surface area contributed by atoms with Gasteiger partial charge in [-0.05, 0) is 25.7 Å². The lowest BCUT2D eigenvalue weighted by Crippen LogP contribution is -2.20. The lowest BCUT2D eigenvalue weighted by molar-refractivity contribution is -0.00409. The third-order valence-electron chi connectivity index (χ3n) is 2.13. The molecular formula is C11H24O2. The maximum Gasteiger partial charge on any atom is 0.0703 e. The van der Waals surface area contributed by atoms with Gasteiger partial charge in [0.05, 0.1) is 25.9 Å². The lowest BCUT2D eigenvalue weighted by atomic mass is 9.92. The van der Waals surface area contributed by atoms with Crippen LogP contribution >= 0.6 is 0 Å². The highest BCUT2D eigenvalue weighted by Gasteiger charge is 2.14. The van der Waals surface area contributed by atoms with Gasteiger partial charge >= 0.3 is 0 Å². The molecule has 0 spiro atoms. The Morgan fingerprint density at radius 3 is 2.23 bits per heavy atom. The summed E-state index contributed by atoms with van der Waals surface area (Å²) in [7, 11) is 0. The second kappa shape index (κ2) is 6.39. The van der Waals surface area contributed by atoms with Crippen LogP contribution in [0, 0.1) is 5.41 Å². The first-order valence-corrected chi connectivity index (χ1v) is 5.17. The van der Waals surface area contributed by atoms with Crippen LogP contribution in [0.25, 0.3) is 0 Å². The van der Waals surface area contributed by atoms with Crippen molar-refractivity contribution in [2.45, 2.75) is 47.1 Å². The van der Waals surface area contributed by atoms with Gasteiger partial charge in [-0.25, -0.2) is 0 Å². The van der Waals surface area contributed by atoms with Crippen LogP contribution in [0.2, 0.25) is 0 Å². The molecule has 0 aromatic carbocycles. The predicted molar refractivity (Wildman–Crippen MR) is 56.0 cm³/mol. The average Bonchev–Trinajstić information content (AvgIpc) is 2.03. The molecule has 2 heteroatoms. The van der Waals surface area contributed by atoms with Crippen molar-refractivity contribution in [2.75, 3.05) is 19.8 Å². The first-order valence-electron chi connectivity index (χ1n) is 5.17. The highest BCUT2D eigenvalue weighted by molar-refractivity contribution is 4.64. The smallest absolute Gasteiger partial charge is 0.0703 e. The fourth-order valence-electron chi connectivity index (χ4n) is 0.793. The molecule has 2 nitrogen and oxygen atoms in total. The molecule has 0 unspecified atom stereocenters. The third kappa shape index (κ3) is 8.26. The molecule has 0 rings (SSSR count). The Kier molecular flexibility index (Phi) is 6.35. The monoisotopic (exact) mass is 188 g/mol. The molecule has 0 aromatic rings. The number of hydrogen-bond acceptors (Lipinski definition) is 2. The average molecular weight is 188 g/mol. The van der Waals surface area contributed by atoms with Crippen molar-refractivity contribution in [3.05, 3.63) is 0 Å². The van der Waals surface area contributed by atoms with Crippen molar-refractivity contribution in [1.82, 2.24) is 0 Å². The number of rotatable bonds is 7. The van der Waals surface area contributed by atoms with E-state index >= 15 is 0 Å². The van der Waals surface area contributed by atoms with Crippen molar-refractivity contribution in [3.63, 3.8) is 0 Å². The summed E-state index contributed by atoms with van der Waals surface area (Å²) in [5, 5.41) is 0. The van der Waals surface area contributed by atoms with E-state index in [0.29, 0.717) is 24.7 Å². The van der Waals surface area contributed by atoms with Crippen LogP contribution in [0.1, 0.15) is 41.0 Å². The van der Waals surface area contributed by atoms with Gasteiger partial charge in [-0.2, -0.15) is 0 Å². The molecule has 0 amide bonds. The lowest BCUT2D eigenvalue weighted by Gasteiger charge is -2.22. The normalized spacial score (nSPS) is 12.5. The number of ether oxygens (including phenoxy) is 2. The molecule has 0 bridgehead atoms. The third-order valence-corrected chi connectivity index (χ3v) is 2.13. The molecule has 0 aromatic heterocycles. The minimum Gasteiger partial charge on any atom is -0.379 e. The Bertz CT molecular complexity index is 119. The van der Waals surface area contributed by atoms with Crippen LogP contribution in [0.4, 0.5) is 0 Å². The summed E-state index contributed by atoms with van der Waals surface area (Å²) < 4.78 is 10.9. The molecule has 0 fully saturated rings. The molecule has 0 radical (unpaired) electrons. The van der Waals surface area contributed by atoms with E-state index in [1.54, 1.807) is 0 Å². The van der Waals surface area contributed by atoms with Crippen LogP contribution in [-0.4, -0.2) is 25.9 Å². The van der Waals surface area contributed by atoms with Gasteiger partial charge < -0.3 is 9.47 Å². The largest absolute Gasteiger partial charge is 0.379 e. The van der Waals surface area contributed by atoms with Gasteiger partial charge in [-0.15, -0.1) is 0 Å². The predicted octanol–water partition coefficient (Wildman–Crippen LogP) is 2.86. The van der Waals surface area contributed by atoms with E-state index in [4.69, 9.17) is 9.47 Å². The maximum absolute atomic E-state index is 5.51. The molecule has 0 aliphatic carbocycles. The summed E-state index contributed by atoms with van der Waals surface area (Å²) in [6, 6.07) is 0. The highest BCUT2D eigenvalue weighted by atomic mass is 16.5. The summed E-state index contributed by atoms with van der Waals surface area (Å²) >= 11 is 0. The van der Waals surface area contributed by atoms with E-state index in [0.717, 1.165) is 13.0 Å². The Balaban J connectivity index is 3.26. The Morgan fingerprint density at radius 1 is 1.15 bits per heavy atom. The van der Waals surface area contributed by atoms with Crippen LogP contribution in [0.3, 0.4) is 0 Å². The summed E-state index contributed by atoms with van der Waals surface area (Å²) in [4.78, 5) is 0. The molecule has 0 atom stereocenters. The Morgan fingerprint density at radius 2 is 1.77 bits per heavy atom. The molecular weight excluding hydrogens is 164 g/mol. The van der Waals surface area contributed by atoms with Gasteiger partial charge in [0.2, 0.25) is 0 Å². The van der Waals surface area contributed by atoms with Gasteiger partial charge in [0.25, 0.3) is 0 Å². The van der Waals surface area contributed by atoms with Crippen LogP contribution in [0.15, 0.2) is 0 Å². The Labute approximate surface area is 82.6 Å². The summed E-state index contributed by atoms with van der Waals surface area (Å²) in [6.45, 7) is 12.9. The van der Waals surface area contributed by atoms with E-state index < -0.39 is 0 Å². The second-order valence-corrected chi connectivity index (χ2v) is 4.49. The number of hydrogen-bond donors (Lipinski definition) is 0. The Hall–Kier alpha value is -0.0800. The van der Waals surface area contributed by atoms with Crippen molar-refractivity contribution in [1.29, 1.82) is 0 Å². The fourth-order valence-corrected chi connectivity index (χ4v) is 0.793. The fraction of sp³-hybridized carbons (Fsp3) is 1.00. The SMILES string of the molecule is CCC(C)(C)COCCOC(C)C. The molecule has 80 valence electrons. The highest BCUT2D eigenvalue weighted by Crippen LogP contribution is 2.19. The standard InChI is InChI=1S/C11H24O2/c1-6-11(4,5)9-12-7-8-13-10(2)3/h10H,6-9H2,1-5H3. The first-order chi connectivity index (χ1) is 5.98. The van der Waals surface area contributed by atoms with E-state index in [9.17, 15) is 0 Å². The minimum atomic E-state index is 0.303. The second-order valence-electron chi connectivity index (χ2n) is 4.49. The molecule has 0 saturated carbocycles. The van der Waals surface area contributed by atoms with Crippen molar-refractivity contribution < 1.29 is 9.47 Å². The van der Waals surface area contributed by atoms with Crippen molar-refractivity contribution >= 4 is 0 Å². The zero-order chi connectivity index (χ0) is 10.3. The van der Waals surface area contributed by atoms with Gasteiger partial charge in [0.1, 0.15) is 0 Å². The molecule has 0 N–H and O–H groups in total. The summed E-state index contributed by atoms with van der Waals surface area (Å²) in [5.74, 6) is 0. The van der Waals surface area contributed by atoms with Crippen LogP contribution in [-0.2, 0) is 9.47 Å². The topological polar surface area (TPSA) is 18.5 Å². The quantitative estimate of drug-likeness (QED) is 0.572. The maximum atomic E-state index is 5.51. The minimum absolute atomic E-state index is 0.303. The van der Waals surface area contributed by atoms with E-state index in [2.05, 4.69) is 20.8 Å². The zero-order valence-electron chi connectivity index (χ0n) is 9.72. The van der Waals surface area contributed by atoms with Gasteiger partial charge in [-0.1, -0.05) is 20.8 Å². The van der Waals surface area contributed by atoms with Gasteiger partial charge in [0, 0.05) is 0 Å². The van der Waals surface area contributed by atoms with E-state index in [-0.39, 0.29) is 0 Å². The van der Waals surface area contributed by atoms with Gasteiger partial charge in [-0.3, -0.25) is 0 Å². The zero-order valence-corrected chi connectivity index (χ0v) is 9.72. The molecule has 0 saturated heterocycles. The summed E-state index contributed by atoms with van der Waals surface area (Å²) in [5.41, 5.74) is 0.303. The van der Waals surface area contributed by atoms with Gasteiger partial charge in [0.15, 0.2) is 0 Å². The molecule has 0 heterocycles. The molecule has 0 aliphatic rings. The van der Waals surface area contributed by atoms with Crippen molar-refractivity contribution in [3.8, 4) is 0 Å². The van der Waals surface area contributed by atoms with Crippen LogP contribution in [0.5, 0.6) is 0 Å². The first kappa shape index (κ1) is 12.9. The summed E-state index contributed by atoms with van der Waals surface area (Å²) in [6.07, 6.45) is 1.46. The molecule has 13 heavy (non-hydrogen) atoms. The van der Waals surface area contributed by atoms with Crippen molar-refractivity contribution in [2.24, 2.45) is 5.41 Å². The van der Waals surface area contributed by atoms with Crippen LogP contribution < -0.4 is 0 Å². The van der Waals surface area contributed by atoms with E-state index in [1.807, 2.05) is 13.8 Å². The molecule has 0 aliphatic heterocycles. The van der Waals surface area contributed by atoms with E-state index in [1.165, 1.54) is 0 Å².